The molecule has 18 rings (SSSR count). The van der Waals surface area contributed by atoms with E-state index >= 15 is 0 Å². The predicted molar refractivity (Wildman–Crippen MR) is 366 cm³/mol. The number of fused-ring (bicyclic) bond motifs is 12. The first-order chi connectivity index (χ1) is 44.4. The molecule has 17 aromatic rings. The number of rotatable bonds is 8. The van der Waals surface area contributed by atoms with Crippen molar-refractivity contribution in [2.75, 3.05) is 0 Å². The average molecular weight is 1160 g/mol. The number of hydrogen-bond acceptors (Lipinski definition) is 7. The number of hydrogen-bond donors (Lipinski definition) is 0. The van der Waals surface area contributed by atoms with Crippen molar-refractivity contribution in [3.8, 4) is 90.8 Å². The third-order valence-electron chi connectivity index (χ3n) is 17.7. The van der Waals surface area contributed by atoms with Crippen molar-refractivity contribution in [1.29, 1.82) is 0 Å². The molecule has 12 aromatic carbocycles. The molecule has 90 heavy (non-hydrogen) atoms. The van der Waals surface area contributed by atoms with Crippen LogP contribution in [0.5, 0.6) is 0 Å². The van der Waals surface area contributed by atoms with Crippen LogP contribution in [0.15, 0.2) is 296 Å². The zero-order chi connectivity index (χ0) is 59.9. The maximum Gasteiger partial charge on any atom is 0.238 e. The Morgan fingerprint density at radius 1 is 0.278 bits per heavy atom. The monoisotopic (exact) mass is 1150 g/mol. The summed E-state index contributed by atoms with van der Waals surface area (Å²) in [6.07, 6.45) is 0. The lowest BCUT2D eigenvalue weighted by molar-refractivity contribution is 0.661. The third-order valence-corrected chi connectivity index (χ3v) is 17.7. The van der Waals surface area contributed by atoms with Crippen molar-refractivity contribution in [2.24, 2.45) is 0 Å². The fourth-order valence-corrected chi connectivity index (χ4v) is 13.4. The normalized spacial score (nSPS) is 12.4. The standard InChI is InChI=1S/C42H30N4.C39H24N4O/c1-42(2)35-22-11-9-20-31(35)33-25-34-32-21-10-12-23-37(32)46(38(34)26-36(33)42)30-19-13-18-29(24-30)41-44-39(27-14-5-3-6-15-27)43-40(45-41)28-16-7-4-8-17-28;1-3-12-25(13-4-1)37-40-38(26-14-5-2-6-15-26)42-39(41-37)43-33-20-9-7-16-29(33)30-23-22-27(24-34(30)43)28-18-11-19-32-31-17-8-10-21-35(31)44-36(28)32/h3-26H,1-2H3;1-24H. The molecule has 9 heteroatoms. The number of furan rings is 1. The quantitative estimate of drug-likeness (QED) is 0.149. The average Bonchev–Trinajstić information content (AvgIpc) is 1.57. The molecule has 0 aliphatic heterocycles. The number of aromatic nitrogens is 8. The molecule has 5 aromatic heterocycles. The molecule has 0 amide bonds. The van der Waals surface area contributed by atoms with Crippen LogP contribution in [-0.4, -0.2) is 39.0 Å². The van der Waals surface area contributed by atoms with Gasteiger partial charge in [-0.25, -0.2) is 19.9 Å². The Bertz CT molecular complexity index is 5520. The molecule has 1 aliphatic carbocycles. The van der Waals surface area contributed by atoms with Gasteiger partial charge in [0.05, 0.1) is 22.1 Å². The molecule has 0 unspecified atom stereocenters. The SMILES string of the molecule is CC1(C)c2ccccc2-c2cc3c4ccccc4n(-c4cccc(-c5nc(-c6ccccc6)nc(-c6ccccc6)n5)c4)c3cc21.c1ccc(-c2nc(-c3ccccc3)nc(-n3c4ccccc4c4ccc(-c5cccc6c5oc5ccccc56)cc43)n2)cc1. The predicted octanol–water partition coefficient (Wildman–Crippen LogP) is 20.1. The van der Waals surface area contributed by atoms with Gasteiger partial charge in [-0.3, -0.25) is 4.57 Å². The van der Waals surface area contributed by atoms with E-state index in [1.807, 2.05) is 133 Å². The van der Waals surface area contributed by atoms with Gasteiger partial charge < -0.3 is 8.98 Å². The molecule has 0 bridgehead atoms. The van der Waals surface area contributed by atoms with Gasteiger partial charge in [0.25, 0.3) is 0 Å². The van der Waals surface area contributed by atoms with Crippen molar-refractivity contribution in [3.05, 3.63) is 302 Å². The molecule has 0 saturated carbocycles. The van der Waals surface area contributed by atoms with Crippen LogP contribution in [0.2, 0.25) is 0 Å². The van der Waals surface area contributed by atoms with Gasteiger partial charge in [0, 0.05) is 76.8 Å². The maximum atomic E-state index is 6.41. The lowest BCUT2D eigenvalue weighted by Gasteiger charge is -2.21. The van der Waals surface area contributed by atoms with Crippen molar-refractivity contribution in [1.82, 2.24) is 39.0 Å². The second-order valence-electron chi connectivity index (χ2n) is 23.4. The minimum absolute atomic E-state index is 0.0875. The summed E-state index contributed by atoms with van der Waals surface area (Å²) in [5.41, 5.74) is 19.4. The molecule has 424 valence electrons. The molecule has 5 heterocycles. The van der Waals surface area contributed by atoms with Gasteiger partial charge in [-0.2, -0.15) is 9.97 Å². The number of benzene rings is 12. The highest BCUT2D eigenvalue weighted by Gasteiger charge is 2.36. The summed E-state index contributed by atoms with van der Waals surface area (Å²) in [4.78, 5) is 30.0. The smallest absolute Gasteiger partial charge is 0.238 e. The van der Waals surface area contributed by atoms with Crippen LogP contribution in [0.1, 0.15) is 25.0 Å². The highest BCUT2D eigenvalue weighted by molar-refractivity contribution is 6.14. The van der Waals surface area contributed by atoms with Gasteiger partial charge in [0.1, 0.15) is 11.2 Å². The highest BCUT2D eigenvalue weighted by atomic mass is 16.3. The van der Waals surface area contributed by atoms with E-state index in [1.165, 1.54) is 44.1 Å². The van der Waals surface area contributed by atoms with E-state index < -0.39 is 0 Å². The molecular formula is C81H54N8O. The fraction of sp³-hybridized carbons (Fsp3) is 0.0370. The van der Waals surface area contributed by atoms with Crippen LogP contribution < -0.4 is 0 Å². The molecular weight excluding hydrogens is 1100 g/mol. The molecule has 0 fully saturated rings. The molecule has 0 saturated heterocycles. The summed E-state index contributed by atoms with van der Waals surface area (Å²) in [6, 6.07) is 101. The Kier molecular flexibility index (Phi) is 12.3. The molecule has 0 atom stereocenters. The first-order valence-corrected chi connectivity index (χ1v) is 30.3. The van der Waals surface area contributed by atoms with Crippen molar-refractivity contribution in [2.45, 2.75) is 19.3 Å². The Balaban J connectivity index is 0.000000139. The fourth-order valence-electron chi connectivity index (χ4n) is 13.4. The van der Waals surface area contributed by atoms with E-state index in [9.17, 15) is 0 Å². The maximum absolute atomic E-state index is 6.41. The number of para-hydroxylation sites is 4. The molecule has 0 radical (unpaired) electrons. The van der Waals surface area contributed by atoms with Crippen LogP contribution in [0, 0.1) is 0 Å². The summed E-state index contributed by atoms with van der Waals surface area (Å²) in [5, 5.41) is 6.99. The lowest BCUT2D eigenvalue weighted by Crippen LogP contribution is -2.14. The first kappa shape index (κ1) is 52.4. The molecule has 0 spiro atoms. The molecule has 0 N–H and O–H groups in total. The Labute approximate surface area is 518 Å². The second-order valence-corrected chi connectivity index (χ2v) is 23.4. The lowest BCUT2D eigenvalue weighted by atomic mass is 9.82. The van der Waals surface area contributed by atoms with E-state index in [0.29, 0.717) is 35.1 Å². The molecule has 1 aliphatic rings. The van der Waals surface area contributed by atoms with Gasteiger partial charge in [0.15, 0.2) is 29.1 Å². The van der Waals surface area contributed by atoms with Crippen LogP contribution in [0.25, 0.3) is 156 Å². The van der Waals surface area contributed by atoms with Crippen molar-refractivity contribution < 1.29 is 4.42 Å². The summed E-state index contributed by atoms with van der Waals surface area (Å²) < 4.78 is 11.0. The summed E-state index contributed by atoms with van der Waals surface area (Å²) >= 11 is 0. The largest absolute Gasteiger partial charge is 0.455 e. The highest BCUT2D eigenvalue weighted by Crippen LogP contribution is 2.51. The Hall–Kier alpha value is -11.9. The Morgan fingerprint density at radius 2 is 0.733 bits per heavy atom. The van der Waals surface area contributed by atoms with E-state index in [-0.39, 0.29) is 5.41 Å². The second kappa shape index (κ2) is 21.2. The van der Waals surface area contributed by atoms with Gasteiger partial charge in [0.2, 0.25) is 5.95 Å². The van der Waals surface area contributed by atoms with Gasteiger partial charge in [-0.05, 0) is 76.3 Å². The molecule has 9 nitrogen and oxygen atoms in total. The topological polar surface area (TPSA) is 100 Å². The van der Waals surface area contributed by atoms with E-state index in [1.54, 1.807) is 0 Å². The minimum atomic E-state index is -0.0875. The summed E-state index contributed by atoms with van der Waals surface area (Å²) in [6.45, 7) is 4.68. The van der Waals surface area contributed by atoms with Crippen molar-refractivity contribution >= 4 is 65.6 Å². The van der Waals surface area contributed by atoms with E-state index in [2.05, 4.69) is 181 Å². The van der Waals surface area contributed by atoms with E-state index in [4.69, 9.17) is 34.3 Å². The minimum Gasteiger partial charge on any atom is -0.455 e. The first-order valence-electron chi connectivity index (χ1n) is 30.3. The van der Waals surface area contributed by atoms with Crippen LogP contribution in [0.3, 0.4) is 0 Å². The van der Waals surface area contributed by atoms with Crippen molar-refractivity contribution in [3.63, 3.8) is 0 Å². The zero-order valence-corrected chi connectivity index (χ0v) is 49.2. The Morgan fingerprint density at radius 3 is 1.37 bits per heavy atom. The van der Waals surface area contributed by atoms with Gasteiger partial charge in [-0.1, -0.05) is 257 Å². The third kappa shape index (κ3) is 8.77. The summed E-state index contributed by atoms with van der Waals surface area (Å²) in [5.74, 6) is 3.79. The summed E-state index contributed by atoms with van der Waals surface area (Å²) in [7, 11) is 0. The van der Waals surface area contributed by atoms with Crippen LogP contribution >= 0.6 is 0 Å². The van der Waals surface area contributed by atoms with Gasteiger partial charge >= 0.3 is 0 Å². The van der Waals surface area contributed by atoms with E-state index in [0.717, 1.165) is 88.4 Å². The zero-order valence-electron chi connectivity index (χ0n) is 49.2. The van der Waals surface area contributed by atoms with Crippen LogP contribution in [-0.2, 0) is 5.41 Å². The number of nitrogens with zero attached hydrogens (tertiary/aromatic N) is 8. The van der Waals surface area contributed by atoms with Gasteiger partial charge in [-0.15, -0.1) is 0 Å². The van der Waals surface area contributed by atoms with Crippen LogP contribution in [0.4, 0.5) is 0 Å².